The molecule has 4 nitrogen and oxygen atoms in total. The van der Waals surface area contributed by atoms with Crippen LogP contribution < -0.4 is 16.6 Å². The highest BCUT2D eigenvalue weighted by molar-refractivity contribution is 7.80. The van der Waals surface area contributed by atoms with Crippen LogP contribution in [-0.4, -0.2) is 11.0 Å². The number of hydrazine groups is 1. The minimum Gasteiger partial charge on any atom is -0.375 e. The summed E-state index contributed by atoms with van der Waals surface area (Å²) in [5, 5.41) is 0.106. The van der Waals surface area contributed by atoms with Crippen molar-refractivity contribution in [2.24, 2.45) is 11.7 Å². The Hall–Kier alpha value is -0.840. The minimum absolute atomic E-state index is 0.0182. The van der Waals surface area contributed by atoms with E-state index < -0.39 is 0 Å². The fourth-order valence-electron chi connectivity index (χ4n) is 1.94. The average molecular weight is 229 g/mol. The predicted molar refractivity (Wildman–Crippen MR) is 63.9 cm³/mol. The number of carbonyl (C=O) groups excluding carboxylic acids is 1. The molecule has 5 heteroatoms. The molecule has 4 N–H and O–H groups in total. The van der Waals surface area contributed by atoms with Crippen molar-refractivity contribution < 1.29 is 4.79 Å². The highest BCUT2D eigenvalue weighted by Crippen LogP contribution is 2.21. The van der Waals surface area contributed by atoms with E-state index in [1.54, 1.807) is 0 Å². The van der Waals surface area contributed by atoms with Crippen LogP contribution in [0.4, 0.5) is 0 Å². The zero-order valence-corrected chi connectivity index (χ0v) is 9.74. The first kappa shape index (κ1) is 12.2. The summed E-state index contributed by atoms with van der Waals surface area (Å²) in [6, 6.07) is 0. The predicted octanol–water partition coefficient (Wildman–Crippen LogP) is 1.21. The zero-order chi connectivity index (χ0) is 11.1. The van der Waals surface area contributed by atoms with Gasteiger partial charge >= 0.3 is 0 Å². The van der Waals surface area contributed by atoms with E-state index >= 15 is 0 Å². The largest absolute Gasteiger partial charge is 0.375 e. The van der Waals surface area contributed by atoms with Gasteiger partial charge in [-0.05, 0) is 25.1 Å². The molecule has 0 aliphatic heterocycles. The van der Waals surface area contributed by atoms with Crippen LogP contribution in [0.2, 0.25) is 0 Å². The van der Waals surface area contributed by atoms with E-state index in [-0.39, 0.29) is 16.9 Å². The maximum absolute atomic E-state index is 11.7. The zero-order valence-electron chi connectivity index (χ0n) is 8.92. The van der Waals surface area contributed by atoms with Crippen molar-refractivity contribution in [3.63, 3.8) is 0 Å². The van der Waals surface area contributed by atoms with Gasteiger partial charge in [-0.2, -0.15) is 0 Å². The highest BCUT2D eigenvalue weighted by atomic mass is 32.1. The van der Waals surface area contributed by atoms with Crippen LogP contribution in [0.1, 0.15) is 44.9 Å². The minimum atomic E-state index is 0.0182. The molecule has 0 aromatic rings. The van der Waals surface area contributed by atoms with Crippen molar-refractivity contribution in [1.82, 2.24) is 10.9 Å². The van der Waals surface area contributed by atoms with E-state index in [1.807, 2.05) is 0 Å². The quantitative estimate of drug-likeness (QED) is 0.467. The second-order valence-electron chi connectivity index (χ2n) is 4.02. The van der Waals surface area contributed by atoms with E-state index in [0.717, 1.165) is 25.7 Å². The van der Waals surface area contributed by atoms with E-state index in [1.165, 1.54) is 19.3 Å². The highest BCUT2D eigenvalue weighted by Gasteiger charge is 2.18. The monoisotopic (exact) mass is 229 g/mol. The average Bonchev–Trinajstić information content (AvgIpc) is 2.13. The Labute approximate surface area is 95.9 Å². The van der Waals surface area contributed by atoms with Crippen LogP contribution >= 0.6 is 12.2 Å². The lowest BCUT2D eigenvalue weighted by atomic mass is 9.91. The van der Waals surface area contributed by atoms with Crippen molar-refractivity contribution >= 4 is 23.2 Å². The summed E-state index contributed by atoms with van der Waals surface area (Å²) >= 11 is 4.62. The Morgan fingerprint density at radius 2 is 1.60 bits per heavy atom. The third-order valence-electron chi connectivity index (χ3n) is 2.78. The molecule has 1 aliphatic rings. The molecule has 1 amide bonds. The van der Waals surface area contributed by atoms with Crippen LogP contribution in [0, 0.1) is 5.92 Å². The fraction of sp³-hybridized carbons (Fsp3) is 0.800. The normalized spacial score (nSPS) is 18.7. The fourth-order valence-corrected chi connectivity index (χ4v) is 1.99. The molecule has 1 saturated carbocycles. The summed E-state index contributed by atoms with van der Waals surface area (Å²) in [5.41, 5.74) is 10.3. The molecular formula is C10H19N3OS. The lowest BCUT2D eigenvalue weighted by Gasteiger charge is -2.19. The molecule has 0 unspecified atom stereocenters. The number of nitrogens with one attached hydrogen (secondary N) is 2. The molecule has 0 bridgehead atoms. The van der Waals surface area contributed by atoms with Gasteiger partial charge in [-0.3, -0.25) is 15.6 Å². The third kappa shape index (κ3) is 4.97. The molecule has 86 valence electrons. The number of hydrogen-bond donors (Lipinski definition) is 3. The van der Waals surface area contributed by atoms with Crippen molar-refractivity contribution in [2.75, 3.05) is 0 Å². The number of carbonyl (C=O) groups is 1. The Morgan fingerprint density at radius 3 is 2.13 bits per heavy atom. The van der Waals surface area contributed by atoms with Crippen molar-refractivity contribution in [3.8, 4) is 0 Å². The van der Waals surface area contributed by atoms with Gasteiger partial charge in [0.2, 0.25) is 5.91 Å². The summed E-state index contributed by atoms with van der Waals surface area (Å²) in [6.07, 6.45) is 8.03. The van der Waals surface area contributed by atoms with E-state index in [4.69, 9.17) is 5.73 Å². The lowest BCUT2D eigenvalue weighted by molar-refractivity contribution is -0.126. The van der Waals surface area contributed by atoms with Gasteiger partial charge in [0.25, 0.3) is 0 Å². The van der Waals surface area contributed by atoms with Gasteiger partial charge in [0.1, 0.15) is 0 Å². The van der Waals surface area contributed by atoms with Crippen molar-refractivity contribution in [3.05, 3.63) is 0 Å². The Balaban J connectivity index is 2.31. The molecular weight excluding hydrogens is 210 g/mol. The summed E-state index contributed by atoms with van der Waals surface area (Å²) in [7, 11) is 0. The molecule has 0 saturated heterocycles. The second kappa shape index (κ2) is 6.61. The van der Waals surface area contributed by atoms with Crippen LogP contribution in [0.5, 0.6) is 0 Å². The molecule has 0 aromatic heterocycles. The SMILES string of the molecule is NC(=S)NNC(=O)C1CCCCCCC1. The standard InChI is InChI=1S/C10H19N3OS/c11-10(15)13-12-9(14)8-6-4-2-1-3-5-7-8/h8H,1-7H2,(H,12,14)(H3,11,13,15). The number of thiocarbonyl (C=S) groups is 1. The first-order valence-electron chi connectivity index (χ1n) is 5.55. The first-order valence-corrected chi connectivity index (χ1v) is 5.96. The van der Waals surface area contributed by atoms with Crippen LogP contribution in [0.3, 0.4) is 0 Å². The number of nitrogens with two attached hydrogens (primary N) is 1. The topological polar surface area (TPSA) is 67.2 Å². The van der Waals surface area contributed by atoms with E-state index in [9.17, 15) is 4.79 Å². The molecule has 15 heavy (non-hydrogen) atoms. The van der Waals surface area contributed by atoms with Crippen LogP contribution in [0.15, 0.2) is 0 Å². The first-order chi connectivity index (χ1) is 7.20. The van der Waals surface area contributed by atoms with Gasteiger partial charge in [0.15, 0.2) is 5.11 Å². The van der Waals surface area contributed by atoms with Gasteiger partial charge in [-0.25, -0.2) is 0 Å². The summed E-state index contributed by atoms with van der Waals surface area (Å²) < 4.78 is 0. The summed E-state index contributed by atoms with van der Waals surface area (Å²) in [4.78, 5) is 11.7. The van der Waals surface area contributed by atoms with Gasteiger partial charge in [0.05, 0.1) is 0 Å². The maximum atomic E-state index is 11.7. The number of hydrogen-bond acceptors (Lipinski definition) is 2. The Bertz CT molecular complexity index is 225. The van der Waals surface area contributed by atoms with E-state index in [2.05, 4.69) is 23.1 Å². The lowest BCUT2D eigenvalue weighted by Crippen LogP contribution is -2.46. The number of amides is 1. The second-order valence-corrected chi connectivity index (χ2v) is 4.46. The van der Waals surface area contributed by atoms with Gasteiger partial charge in [-0.1, -0.05) is 32.1 Å². The van der Waals surface area contributed by atoms with Gasteiger partial charge < -0.3 is 5.73 Å². The molecule has 0 aromatic carbocycles. The number of rotatable bonds is 1. The maximum Gasteiger partial charge on any atom is 0.241 e. The molecule has 1 fully saturated rings. The van der Waals surface area contributed by atoms with Gasteiger partial charge in [-0.15, -0.1) is 0 Å². The molecule has 0 heterocycles. The summed E-state index contributed by atoms with van der Waals surface area (Å²) in [5.74, 6) is 0.136. The van der Waals surface area contributed by atoms with Crippen LogP contribution in [0.25, 0.3) is 0 Å². The Kier molecular flexibility index (Phi) is 5.39. The molecule has 0 radical (unpaired) electrons. The molecule has 0 atom stereocenters. The smallest absolute Gasteiger partial charge is 0.241 e. The van der Waals surface area contributed by atoms with E-state index in [0.29, 0.717) is 0 Å². The molecule has 1 rings (SSSR count). The van der Waals surface area contributed by atoms with Crippen molar-refractivity contribution in [2.45, 2.75) is 44.9 Å². The molecule has 0 spiro atoms. The Morgan fingerprint density at radius 1 is 1.07 bits per heavy atom. The third-order valence-corrected chi connectivity index (χ3v) is 2.89. The van der Waals surface area contributed by atoms with Crippen LogP contribution in [-0.2, 0) is 4.79 Å². The van der Waals surface area contributed by atoms with Gasteiger partial charge in [0, 0.05) is 5.92 Å². The molecule has 1 aliphatic carbocycles. The summed E-state index contributed by atoms with van der Waals surface area (Å²) in [6.45, 7) is 0. The van der Waals surface area contributed by atoms with Crippen molar-refractivity contribution in [1.29, 1.82) is 0 Å².